The second-order valence-electron chi connectivity index (χ2n) is 5.61. The highest BCUT2D eigenvalue weighted by Gasteiger charge is 2.15. The van der Waals surface area contributed by atoms with Gasteiger partial charge in [-0.1, -0.05) is 63.2 Å². The number of hydrogen-bond donors (Lipinski definition) is 1. The molecular weight excluding hydrogens is 260 g/mol. The van der Waals surface area contributed by atoms with E-state index in [1.54, 1.807) is 0 Å². The Bertz CT molecular complexity index is 558. The van der Waals surface area contributed by atoms with Crippen molar-refractivity contribution in [2.75, 3.05) is 6.61 Å². The number of ether oxygens (including phenoxy) is 1. The molecule has 0 aromatic heterocycles. The van der Waals surface area contributed by atoms with Crippen LogP contribution < -0.4 is 4.74 Å². The number of benzene rings is 2. The molecule has 0 amide bonds. The lowest BCUT2D eigenvalue weighted by Gasteiger charge is -2.17. The molecule has 0 aliphatic rings. The Balaban J connectivity index is 2.24. The standard InChI is InChI=1S/C19H24O2/c1-4-13-21-18-8-6-5-7-17(18)19(20)16-11-9-15(10-12-16)14(2)3/h5-12,14,19-20H,4,13H2,1-3H3. The zero-order valence-electron chi connectivity index (χ0n) is 13.0. The topological polar surface area (TPSA) is 29.5 Å². The van der Waals surface area contributed by atoms with Gasteiger partial charge < -0.3 is 9.84 Å². The fraction of sp³-hybridized carbons (Fsp3) is 0.368. The van der Waals surface area contributed by atoms with Crippen molar-refractivity contribution in [3.8, 4) is 5.75 Å². The molecule has 2 nitrogen and oxygen atoms in total. The predicted molar refractivity (Wildman–Crippen MR) is 86.8 cm³/mol. The van der Waals surface area contributed by atoms with Crippen LogP contribution in [0.25, 0.3) is 0 Å². The van der Waals surface area contributed by atoms with E-state index in [1.807, 2.05) is 36.4 Å². The molecule has 0 saturated heterocycles. The first kappa shape index (κ1) is 15.6. The van der Waals surface area contributed by atoms with Crippen LogP contribution in [0.3, 0.4) is 0 Å². The SMILES string of the molecule is CCCOc1ccccc1C(O)c1ccc(C(C)C)cc1. The minimum Gasteiger partial charge on any atom is -0.493 e. The van der Waals surface area contributed by atoms with Crippen LogP contribution in [-0.4, -0.2) is 11.7 Å². The molecule has 1 N–H and O–H groups in total. The molecular formula is C19H24O2. The van der Waals surface area contributed by atoms with Crippen molar-refractivity contribution in [1.82, 2.24) is 0 Å². The lowest BCUT2D eigenvalue weighted by Crippen LogP contribution is -2.05. The summed E-state index contributed by atoms with van der Waals surface area (Å²) in [6, 6.07) is 15.9. The molecule has 112 valence electrons. The van der Waals surface area contributed by atoms with Crippen molar-refractivity contribution in [1.29, 1.82) is 0 Å². The first-order chi connectivity index (χ1) is 10.1. The fourth-order valence-electron chi connectivity index (χ4n) is 2.29. The van der Waals surface area contributed by atoms with Crippen molar-refractivity contribution >= 4 is 0 Å². The summed E-state index contributed by atoms with van der Waals surface area (Å²) < 4.78 is 5.73. The monoisotopic (exact) mass is 284 g/mol. The van der Waals surface area contributed by atoms with Gasteiger partial charge in [-0.15, -0.1) is 0 Å². The van der Waals surface area contributed by atoms with Crippen LogP contribution in [0.1, 0.15) is 55.9 Å². The van der Waals surface area contributed by atoms with E-state index in [0.717, 1.165) is 23.3 Å². The van der Waals surface area contributed by atoms with E-state index in [-0.39, 0.29) is 0 Å². The summed E-state index contributed by atoms with van der Waals surface area (Å²) in [5.41, 5.74) is 3.00. The van der Waals surface area contributed by atoms with Gasteiger partial charge >= 0.3 is 0 Å². The Labute approximate surface area is 127 Å². The van der Waals surface area contributed by atoms with E-state index < -0.39 is 6.10 Å². The zero-order chi connectivity index (χ0) is 15.2. The number of aliphatic hydroxyl groups is 1. The van der Waals surface area contributed by atoms with Crippen molar-refractivity contribution in [3.05, 3.63) is 65.2 Å². The summed E-state index contributed by atoms with van der Waals surface area (Å²) in [4.78, 5) is 0. The maximum atomic E-state index is 10.6. The quantitative estimate of drug-likeness (QED) is 0.834. The summed E-state index contributed by atoms with van der Waals surface area (Å²) in [5.74, 6) is 1.26. The average molecular weight is 284 g/mol. The molecule has 0 aliphatic heterocycles. The minimum absolute atomic E-state index is 0.497. The van der Waals surface area contributed by atoms with Crippen LogP contribution in [0, 0.1) is 0 Å². The Morgan fingerprint density at radius 1 is 0.952 bits per heavy atom. The molecule has 2 aromatic carbocycles. The van der Waals surface area contributed by atoms with Gasteiger partial charge in [0.05, 0.1) is 6.61 Å². The molecule has 0 spiro atoms. The van der Waals surface area contributed by atoms with Gasteiger partial charge in [0.2, 0.25) is 0 Å². The van der Waals surface area contributed by atoms with Crippen LogP contribution in [0.2, 0.25) is 0 Å². The third kappa shape index (κ3) is 3.85. The second-order valence-corrected chi connectivity index (χ2v) is 5.61. The first-order valence-electron chi connectivity index (χ1n) is 7.63. The molecule has 0 radical (unpaired) electrons. The molecule has 0 fully saturated rings. The van der Waals surface area contributed by atoms with E-state index >= 15 is 0 Å². The van der Waals surface area contributed by atoms with Crippen molar-refractivity contribution < 1.29 is 9.84 Å². The summed E-state index contributed by atoms with van der Waals surface area (Å²) in [6.45, 7) is 7.07. The molecule has 0 heterocycles. The summed E-state index contributed by atoms with van der Waals surface area (Å²) in [6.07, 6.45) is 0.298. The van der Waals surface area contributed by atoms with Crippen molar-refractivity contribution in [2.45, 2.75) is 39.2 Å². The number of rotatable bonds is 6. The number of para-hydroxylation sites is 1. The van der Waals surface area contributed by atoms with Gasteiger partial charge in [-0.25, -0.2) is 0 Å². The predicted octanol–water partition coefficient (Wildman–Crippen LogP) is 4.68. The van der Waals surface area contributed by atoms with Crippen LogP contribution in [0.15, 0.2) is 48.5 Å². The Morgan fingerprint density at radius 2 is 1.57 bits per heavy atom. The highest BCUT2D eigenvalue weighted by atomic mass is 16.5. The minimum atomic E-state index is -0.653. The van der Waals surface area contributed by atoms with Gasteiger partial charge in [0.1, 0.15) is 11.9 Å². The van der Waals surface area contributed by atoms with Crippen molar-refractivity contribution in [3.63, 3.8) is 0 Å². The third-order valence-electron chi connectivity index (χ3n) is 3.59. The van der Waals surface area contributed by atoms with Crippen LogP contribution in [-0.2, 0) is 0 Å². The average Bonchev–Trinajstić information content (AvgIpc) is 2.52. The van der Waals surface area contributed by atoms with Crippen LogP contribution >= 0.6 is 0 Å². The van der Waals surface area contributed by atoms with Crippen LogP contribution in [0.5, 0.6) is 5.75 Å². The smallest absolute Gasteiger partial charge is 0.125 e. The van der Waals surface area contributed by atoms with E-state index in [2.05, 4.69) is 32.9 Å². The van der Waals surface area contributed by atoms with Gasteiger partial charge in [-0.05, 0) is 29.5 Å². The second kappa shape index (κ2) is 7.28. The Hall–Kier alpha value is -1.80. The Kier molecular flexibility index (Phi) is 5.40. The van der Waals surface area contributed by atoms with Gasteiger partial charge in [0.25, 0.3) is 0 Å². The molecule has 0 saturated carbocycles. The largest absolute Gasteiger partial charge is 0.493 e. The van der Waals surface area contributed by atoms with Crippen molar-refractivity contribution in [2.24, 2.45) is 0 Å². The highest BCUT2D eigenvalue weighted by molar-refractivity contribution is 5.41. The molecule has 21 heavy (non-hydrogen) atoms. The normalized spacial score (nSPS) is 12.4. The maximum Gasteiger partial charge on any atom is 0.125 e. The van der Waals surface area contributed by atoms with E-state index in [1.165, 1.54) is 5.56 Å². The number of hydrogen-bond acceptors (Lipinski definition) is 2. The fourth-order valence-corrected chi connectivity index (χ4v) is 2.29. The van der Waals surface area contributed by atoms with Gasteiger partial charge in [0.15, 0.2) is 0 Å². The van der Waals surface area contributed by atoms with E-state index in [4.69, 9.17) is 4.74 Å². The van der Waals surface area contributed by atoms with E-state index in [0.29, 0.717) is 12.5 Å². The molecule has 1 unspecified atom stereocenters. The molecule has 1 atom stereocenters. The van der Waals surface area contributed by atoms with Gasteiger partial charge in [-0.3, -0.25) is 0 Å². The first-order valence-corrected chi connectivity index (χ1v) is 7.63. The molecule has 2 aromatic rings. The summed E-state index contributed by atoms with van der Waals surface area (Å²) in [5, 5.41) is 10.6. The summed E-state index contributed by atoms with van der Waals surface area (Å²) in [7, 11) is 0. The molecule has 0 aliphatic carbocycles. The van der Waals surface area contributed by atoms with E-state index in [9.17, 15) is 5.11 Å². The lowest BCUT2D eigenvalue weighted by atomic mass is 9.96. The maximum absolute atomic E-state index is 10.6. The highest BCUT2D eigenvalue weighted by Crippen LogP contribution is 2.30. The third-order valence-corrected chi connectivity index (χ3v) is 3.59. The number of aliphatic hydroxyl groups excluding tert-OH is 1. The van der Waals surface area contributed by atoms with Gasteiger partial charge in [0, 0.05) is 5.56 Å². The van der Waals surface area contributed by atoms with Gasteiger partial charge in [-0.2, -0.15) is 0 Å². The molecule has 2 rings (SSSR count). The Morgan fingerprint density at radius 3 is 2.19 bits per heavy atom. The van der Waals surface area contributed by atoms with Crippen LogP contribution in [0.4, 0.5) is 0 Å². The lowest BCUT2D eigenvalue weighted by molar-refractivity contribution is 0.210. The molecule has 2 heteroatoms. The molecule has 0 bridgehead atoms. The zero-order valence-corrected chi connectivity index (χ0v) is 13.0. The summed E-state index contributed by atoms with van der Waals surface area (Å²) >= 11 is 0.